The Bertz CT molecular complexity index is 767. The Hall–Kier alpha value is -1.65. The molecule has 0 spiro atoms. The lowest BCUT2D eigenvalue weighted by Gasteiger charge is -2.09. The molecule has 0 saturated heterocycles. The van der Waals surface area contributed by atoms with Crippen LogP contribution in [0.25, 0.3) is 22.3 Å². The van der Waals surface area contributed by atoms with Crippen LogP contribution in [-0.4, -0.2) is 16.5 Å². The lowest BCUT2D eigenvalue weighted by Crippen LogP contribution is -2.03. The van der Waals surface area contributed by atoms with Gasteiger partial charge in [-0.3, -0.25) is 0 Å². The fourth-order valence-corrected chi connectivity index (χ4v) is 3.11. The Morgan fingerprint density at radius 2 is 2.10 bits per heavy atom. The number of hydrogen-bond donors (Lipinski definition) is 1. The molecule has 0 aliphatic heterocycles. The summed E-state index contributed by atoms with van der Waals surface area (Å²) in [5.74, 6) is 1.59. The highest BCUT2D eigenvalue weighted by Gasteiger charge is 2.11. The second-order valence-electron chi connectivity index (χ2n) is 4.56. The molecule has 0 radical (unpaired) electrons. The summed E-state index contributed by atoms with van der Waals surface area (Å²) in [7, 11) is 0. The lowest BCUT2D eigenvalue weighted by atomic mass is 10.2. The first-order valence-electron chi connectivity index (χ1n) is 6.43. The van der Waals surface area contributed by atoms with Crippen LogP contribution in [0.5, 0.6) is 0 Å². The zero-order chi connectivity index (χ0) is 14.1. The monoisotopic (exact) mass is 303 g/mol. The van der Waals surface area contributed by atoms with Crippen LogP contribution in [-0.2, 0) is 0 Å². The maximum Gasteiger partial charge on any atom is 0.163 e. The summed E-state index contributed by atoms with van der Waals surface area (Å²) in [6, 6.07) is 5.70. The van der Waals surface area contributed by atoms with Gasteiger partial charge in [0.05, 0.1) is 5.52 Å². The third-order valence-corrected chi connectivity index (χ3v) is 4.19. The number of nitrogens with zero attached hydrogens (tertiary/aromatic N) is 2. The molecule has 0 atom stereocenters. The van der Waals surface area contributed by atoms with E-state index in [0.717, 1.165) is 34.7 Å². The highest BCUT2D eigenvalue weighted by molar-refractivity contribution is 7.08. The van der Waals surface area contributed by atoms with Crippen molar-refractivity contribution in [1.29, 1.82) is 0 Å². The summed E-state index contributed by atoms with van der Waals surface area (Å²) in [4.78, 5) is 9.32. The molecule has 0 fully saturated rings. The number of anilines is 1. The topological polar surface area (TPSA) is 37.8 Å². The number of aryl methyl sites for hydroxylation is 1. The Morgan fingerprint density at radius 1 is 1.25 bits per heavy atom. The third kappa shape index (κ3) is 2.37. The first-order chi connectivity index (χ1) is 9.69. The molecular weight excluding hydrogens is 290 g/mol. The first-order valence-corrected chi connectivity index (χ1v) is 7.75. The van der Waals surface area contributed by atoms with Gasteiger partial charge in [0.1, 0.15) is 5.82 Å². The van der Waals surface area contributed by atoms with E-state index >= 15 is 0 Å². The van der Waals surface area contributed by atoms with Gasteiger partial charge in [-0.1, -0.05) is 11.6 Å². The predicted molar refractivity (Wildman–Crippen MR) is 86.8 cm³/mol. The molecule has 0 aliphatic carbocycles. The molecule has 5 heteroatoms. The Morgan fingerprint density at radius 3 is 2.80 bits per heavy atom. The Balaban J connectivity index is 2.25. The molecule has 0 aliphatic rings. The minimum atomic E-state index is 0.694. The van der Waals surface area contributed by atoms with Crippen molar-refractivity contribution in [1.82, 2.24) is 9.97 Å². The standard InChI is InChI=1S/C15H14ClN3S/c1-3-17-14-11-6-10(16)4-5-13(11)18-15(19-14)12-8-20-7-9(12)2/h4-8H,3H2,1-2H3,(H,17,18,19). The van der Waals surface area contributed by atoms with Crippen LogP contribution in [0.3, 0.4) is 0 Å². The average molecular weight is 304 g/mol. The van der Waals surface area contributed by atoms with Crippen LogP contribution in [0, 0.1) is 6.92 Å². The highest BCUT2D eigenvalue weighted by atomic mass is 35.5. The van der Waals surface area contributed by atoms with Crippen LogP contribution >= 0.6 is 22.9 Å². The van der Waals surface area contributed by atoms with E-state index in [4.69, 9.17) is 11.6 Å². The van der Waals surface area contributed by atoms with Crippen molar-refractivity contribution in [3.05, 3.63) is 39.5 Å². The Kier molecular flexibility index (Phi) is 3.59. The van der Waals surface area contributed by atoms with Gasteiger partial charge in [0, 0.05) is 27.9 Å². The van der Waals surface area contributed by atoms with E-state index in [1.807, 2.05) is 25.1 Å². The molecule has 0 bridgehead atoms. The minimum absolute atomic E-state index is 0.694. The second-order valence-corrected chi connectivity index (χ2v) is 5.74. The van der Waals surface area contributed by atoms with Gasteiger partial charge in [-0.15, -0.1) is 0 Å². The van der Waals surface area contributed by atoms with Crippen LogP contribution in [0.1, 0.15) is 12.5 Å². The molecule has 20 heavy (non-hydrogen) atoms. The molecule has 1 N–H and O–H groups in total. The van der Waals surface area contributed by atoms with Crippen LogP contribution < -0.4 is 5.32 Å². The van der Waals surface area contributed by atoms with Crippen molar-refractivity contribution in [2.75, 3.05) is 11.9 Å². The normalized spacial score (nSPS) is 10.9. The number of rotatable bonds is 3. The smallest absolute Gasteiger partial charge is 0.163 e. The largest absolute Gasteiger partial charge is 0.370 e. The van der Waals surface area contributed by atoms with E-state index in [2.05, 4.69) is 33.0 Å². The molecular formula is C15H14ClN3S. The fraction of sp³-hybridized carbons (Fsp3) is 0.200. The van der Waals surface area contributed by atoms with Gasteiger partial charge in [0.25, 0.3) is 0 Å². The molecule has 1 aromatic carbocycles. The fourth-order valence-electron chi connectivity index (χ4n) is 2.11. The summed E-state index contributed by atoms with van der Waals surface area (Å²) < 4.78 is 0. The zero-order valence-corrected chi connectivity index (χ0v) is 12.8. The van der Waals surface area contributed by atoms with Gasteiger partial charge >= 0.3 is 0 Å². The molecule has 3 aromatic rings. The van der Waals surface area contributed by atoms with Gasteiger partial charge in [-0.05, 0) is 43.0 Å². The number of hydrogen-bond acceptors (Lipinski definition) is 4. The quantitative estimate of drug-likeness (QED) is 0.758. The van der Waals surface area contributed by atoms with Gasteiger partial charge < -0.3 is 5.32 Å². The summed E-state index contributed by atoms with van der Waals surface area (Å²) in [5, 5.41) is 9.14. The van der Waals surface area contributed by atoms with Gasteiger partial charge in [0.2, 0.25) is 0 Å². The van der Waals surface area contributed by atoms with Crippen molar-refractivity contribution in [2.45, 2.75) is 13.8 Å². The maximum atomic E-state index is 6.07. The van der Waals surface area contributed by atoms with Crippen molar-refractivity contribution in [2.24, 2.45) is 0 Å². The minimum Gasteiger partial charge on any atom is -0.370 e. The number of aromatic nitrogens is 2. The molecule has 0 saturated carbocycles. The average Bonchev–Trinajstić information content (AvgIpc) is 2.85. The molecule has 3 nitrogen and oxygen atoms in total. The molecule has 102 valence electrons. The van der Waals surface area contributed by atoms with Crippen LogP contribution in [0.15, 0.2) is 29.0 Å². The zero-order valence-electron chi connectivity index (χ0n) is 11.3. The molecule has 3 rings (SSSR count). The third-order valence-electron chi connectivity index (χ3n) is 3.10. The van der Waals surface area contributed by atoms with Gasteiger partial charge in [0.15, 0.2) is 5.82 Å². The lowest BCUT2D eigenvalue weighted by molar-refractivity contribution is 1.14. The summed E-state index contributed by atoms with van der Waals surface area (Å²) in [5.41, 5.74) is 3.19. The van der Waals surface area contributed by atoms with Crippen molar-refractivity contribution < 1.29 is 0 Å². The molecule has 0 amide bonds. The van der Waals surface area contributed by atoms with Gasteiger partial charge in [-0.2, -0.15) is 11.3 Å². The summed E-state index contributed by atoms with van der Waals surface area (Å²) in [6.45, 7) is 4.93. The number of nitrogens with one attached hydrogen (secondary N) is 1. The van der Waals surface area contributed by atoms with Crippen LogP contribution in [0.4, 0.5) is 5.82 Å². The number of fused-ring (bicyclic) bond motifs is 1. The predicted octanol–water partition coefficient (Wildman–Crippen LogP) is 4.75. The van der Waals surface area contributed by atoms with Crippen molar-refractivity contribution >= 4 is 39.7 Å². The number of halogens is 1. The highest BCUT2D eigenvalue weighted by Crippen LogP contribution is 2.29. The number of thiophene rings is 1. The SMILES string of the molecule is CCNc1nc(-c2cscc2C)nc2ccc(Cl)cc12. The van der Waals surface area contributed by atoms with Crippen molar-refractivity contribution in [3.63, 3.8) is 0 Å². The van der Waals surface area contributed by atoms with Crippen LogP contribution in [0.2, 0.25) is 5.02 Å². The van der Waals surface area contributed by atoms with Gasteiger partial charge in [-0.25, -0.2) is 9.97 Å². The van der Waals surface area contributed by atoms with E-state index in [1.165, 1.54) is 5.56 Å². The van der Waals surface area contributed by atoms with E-state index in [-0.39, 0.29) is 0 Å². The Labute approximate surface area is 126 Å². The maximum absolute atomic E-state index is 6.07. The molecule has 0 unspecified atom stereocenters. The number of benzene rings is 1. The first kappa shape index (κ1) is 13.3. The molecule has 2 aromatic heterocycles. The summed E-state index contributed by atoms with van der Waals surface area (Å²) >= 11 is 7.74. The molecule has 2 heterocycles. The van der Waals surface area contributed by atoms with E-state index in [1.54, 1.807) is 11.3 Å². The summed E-state index contributed by atoms with van der Waals surface area (Å²) in [6.07, 6.45) is 0. The van der Waals surface area contributed by atoms with E-state index < -0.39 is 0 Å². The second kappa shape index (κ2) is 5.38. The van der Waals surface area contributed by atoms with Crippen molar-refractivity contribution in [3.8, 4) is 11.4 Å². The van der Waals surface area contributed by atoms with E-state index in [9.17, 15) is 0 Å². The van der Waals surface area contributed by atoms with E-state index in [0.29, 0.717) is 5.02 Å².